The summed E-state index contributed by atoms with van der Waals surface area (Å²) in [6.07, 6.45) is 0.548. The predicted molar refractivity (Wildman–Crippen MR) is 92.2 cm³/mol. The van der Waals surface area contributed by atoms with Gasteiger partial charge in [-0.15, -0.1) is 22.7 Å². The Kier molecular flexibility index (Phi) is 3.92. The third-order valence-corrected chi connectivity index (χ3v) is 6.11. The van der Waals surface area contributed by atoms with Crippen LogP contribution in [0.1, 0.15) is 15.2 Å². The monoisotopic (exact) mass is 347 g/mol. The second-order valence-corrected chi connectivity index (χ2v) is 7.59. The number of Topliss-reactive ketones (excluding diaryl/α,β-unsaturated/α-hetero) is 1. The highest BCUT2D eigenvalue weighted by Crippen LogP contribution is 2.33. The van der Waals surface area contributed by atoms with E-state index >= 15 is 0 Å². The van der Waals surface area contributed by atoms with Gasteiger partial charge in [-0.3, -0.25) is 14.6 Å². The van der Waals surface area contributed by atoms with Gasteiger partial charge in [-0.1, -0.05) is 6.07 Å². The van der Waals surface area contributed by atoms with Gasteiger partial charge in [0.2, 0.25) is 0 Å². The Hall–Kier alpha value is -1.70. The normalized spacial score (nSPS) is 19.0. The maximum Gasteiger partial charge on any atom is 0.264 e. The van der Waals surface area contributed by atoms with Crippen LogP contribution < -0.4 is 5.01 Å². The molecule has 0 bridgehead atoms. The number of fused-ring (bicyclic) bond motifs is 1. The van der Waals surface area contributed by atoms with Gasteiger partial charge in [0.1, 0.15) is 5.00 Å². The first-order valence-electron chi connectivity index (χ1n) is 7.65. The van der Waals surface area contributed by atoms with Crippen molar-refractivity contribution < 1.29 is 9.59 Å². The van der Waals surface area contributed by atoms with Crippen LogP contribution in [0.5, 0.6) is 0 Å². The first-order valence-corrected chi connectivity index (χ1v) is 9.41. The molecule has 2 aliphatic heterocycles. The predicted octanol–water partition coefficient (Wildman–Crippen LogP) is 2.11. The highest BCUT2D eigenvalue weighted by molar-refractivity contribution is 7.14. The first-order chi connectivity index (χ1) is 11.2. The number of carbonyl (C=O) groups excluding carboxylic acids is 2. The van der Waals surface area contributed by atoms with Crippen molar-refractivity contribution in [3.63, 3.8) is 0 Å². The molecule has 0 aliphatic carbocycles. The van der Waals surface area contributed by atoms with Gasteiger partial charge in [0.15, 0.2) is 5.78 Å². The maximum absolute atomic E-state index is 12.4. The molecule has 1 fully saturated rings. The van der Waals surface area contributed by atoms with Crippen LogP contribution in [0.15, 0.2) is 29.0 Å². The minimum atomic E-state index is 0.117. The van der Waals surface area contributed by atoms with Crippen LogP contribution in [0.3, 0.4) is 0 Å². The van der Waals surface area contributed by atoms with Crippen molar-refractivity contribution in [1.82, 2.24) is 9.91 Å². The van der Waals surface area contributed by atoms with Crippen LogP contribution >= 0.6 is 22.7 Å². The average Bonchev–Trinajstić information content (AvgIpc) is 3.25. The molecular weight excluding hydrogens is 330 g/mol. The number of anilines is 1. The van der Waals surface area contributed by atoms with Crippen LogP contribution in [0, 0.1) is 0 Å². The Morgan fingerprint density at radius 1 is 1.04 bits per heavy atom. The van der Waals surface area contributed by atoms with E-state index in [9.17, 15) is 9.59 Å². The van der Waals surface area contributed by atoms with Gasteiger partial charge in [0.25, 0.3) is 5.91 Å². The van der Waals surface area contributed by atoms with Gasteiger partial charge in [-0.05, 0) is 28.5 Å². The fraction of sp³-hybridized carbons (Fsp3) is 0.375. The summed E-state index contributed by atoms with van der Waals surface area (Å²) < 4.78 is 0. The zero-order valence-corrected chi connectivity index (χ0v) is 14.2. The number of piperazine rings is 1. The molecule has 2 aliphatic rings. The summed E-state index contributed by atoms with van der Waals surface area (Å²) in [5.74, 6) is 0.374. The average molecular weight is 347 g/mol. The maximum atomic E-state index is 12.4. The Balaban J connectivity index is 1.44. The molecule has 1 amide bonds. The molecule has 0 aromatic carbocycles. The molecule has 7 heteroatoms. The van der Waals surface area contributed by atoms with Gasteiger partial charge >= 0.3 is 0 Å². The van der Waals surface area contributed by atoms with Gasteiger partial charge < -0.3 is 4.90 Å². The molecule has 2 aromatic rings. The number of rotatable bonds is 2. The van der Waals surface area contributed by atoms with Crippen molar-refractivity contribution in [2.45, 2.75) is 6.42 Å². The van der Waals surface area contributed by atoms with Crippen molar-refractivity contribution in [2.24, 2.45) is 0 Å². The second kappa shape index (κ2) is 6.07. The number of hydrogen-bond donors (Lipinski definition) is 0. The molecule has 0 unspecified atom stereocenters. The molecule has 23 heavy (non-hydrogen) atoms. The van der Waals surface area contributed by atoms with Crippen molar-refractivity contribution in [2.75, 3.05) is 37.7 Å². The summed E-state index contributed by atoms with van der Waals surface area (Å²) >= 11 is 3.17. The van der Waals surface area contributed by atoms with Crippen molar-refractivity contribution >= 4 is 39.4 Å². The minimum absolute atomic E-state index is 0.117. The van der Waals surface area contributed by atoms with Gasteiger partial charge in [0, 0.05) is 32.6 Å². The van der Waals surface area contributed by atoms with Gasteiger partial charge in [0.05, 0.1) is 11.4 Å². The van der Waals surface area contributed by atoms with E-state index in [-0.39, 0.29) is 11.7 Å². The summed E-state index contributed by atoms with van der Waals surface area (Å²) in [6, 6.07) is 5.83. The van der Waals surface area contributed by atoms with Gasteiger partial charge in [-0.25, -0.2) is 5.01 Å². The third-order valence-electron chi connectivity index (χ3n) is 4.29. The lowest BCUT2D eigenvalue weighted by Gasteiger charge is -2.42. The highest BCUT2D eigenvalue weighted by Gasteiger charge is 2.31. The highest BCUT2D eigenvalue weighted by atomic mass is 32.1. The lowest BCUT2D eigenvalue weighted by Crippen LogP contribution is -2.57. The van der Waals surface area contributed by atoms with E-state index in [0.717, 1.165) is 23.5 Å². The minimum Gasteiger partial charge on any atom is -0.335 e. The van der Waals surface area contributed by atoms with Crippen LogP contribution in [-0.4, -0.2) is 54.3 Å². The molecular formula is C16H17N3O2S2. The summed E-state index contributed by atoms with van der Waals surface area (Å²) in [5, 5.41) is 9.49. The topological polar surface area (TPSA) is 43.9 Å². The molecule has 4 rings (SSSR count). The molecule has 1 saturated heterocycles. The fourth-order valence-electron chi connectivity index (χ4n) is 3.12. The largest absolute Gasteiger partial charge is 0.335 e. The molecule has 0 N–H and O–H groups in total. The van der Waals surface area contributed by atoms with E-state index in [1.54, 1.807) is 11.3 Å². The lowest BCUT2D eigenvalue weighted by atomic mass is 10.1. The lowest BCUT2D eigenvalue weighted by molar-refractivity contribution is -0.118. The van der Waals surface area contributed by atoms with Crippen molar-refractivity contribution in [1.29, 1.82) is 0 Å². The summed E-state index contributed by atoms with van der Waals surface area (Å²) in [5.41, 5.74) is 1.13. The van der Waals surface area contributed by atoms with E-state index in [0.29, 0.717) is 26.1 Å². The summed E-state index contributed by atoms with van der Waals surface area (Å²) in [7, 11) is 0. The Morgan fingerprint density at radius 2 is 1.87 bits per heavy atom. The summed E-state index contributed by atoms with van der Waals surface area (Å²) in [4.78, 5) is 27.1. The number of hydrazine groups is 1. The number of nitrogens with zero attached hydrogens (tertiary/aromatic N) is 3. The van der Waals surface area contributed by atoms with E-state index < -0.39 is 0 Å². The van der Waals surface area contributed by atoms with Crippen molar-refractivity contribution in [3.05, 3.63) is 39.4 Å². The van der Waals surface area contributed by atoms with Gasteiger partial charge in [-0.2, -0.15) is 0 Å². The molecule has 5 nitrogen and oxygen atoms in total. The smallest absolute Gasteiger partial charge is 0.264 e. The molecule has 2 aromatic heterocycles. The number of hydrogen-bond acceptors (Lipinski definition) is 6. The molecule has 120 valence electrons. The SMILES string of the molecule is O=C1Cc2ccsc2N(N2CCN(C(=O)c3cccs3)CC2)C1. The molecule has 4 heterocycles. The number of thiophene rings is 2. The van der Waals surface area contributed by atoms with Crippen molar-refractivity contribution in [3.8, 4) is 0 Å². The number of ketones is 1. The Morgan fingerprint density at radius 3 is 2.61 bits per heavy atom. The second-order valence-electron chi connectivity index (χ2n) is 5.75. The van der Waals surface area contributed by atoms with E-state index in [1.807, 2.05) is 33.9 Å². The van der Waals surface area contributed by atoms with E-state index in [1.165, 1.54) is 16.3 Å². The van der Waals surface area contributed by atoms with Crippen LogP contribution in [0.25, 0.3) is 0 Å². The Bertz CT molecular complexity index is 718. The van der Waals surface area contributed by atoms with Crippen LogP contribution in [0.4, 0.5) is 5.00 Å². The Labute approximate surface area is 142 Å². The zero-order chi connectivity index (χ0) is 15.8. The number of amides is 1. The molecule has 0 atom stereocenters. The molecule has 0 saturated carbocycles. The standard InChI is InChI=1S/C16H17N3O2S2/c20-13-10-12-3-9-23-16(12)19(11-13)18-6-4-17(5-7-18)15(21)14-2-1-8-22-14/h1-3,8-9H,4-7,10-11H2. The summed E-state index contributed by atoms with van der Waals surface area (Å²) in [6.45, 7) is 3.38. The van der Waals surface area contributed by atoms with Crippen LogP contribution in [0.2, 0.25) is 0 Å². The molecule has 0 radical (unpaired) electrons. The van der Waals surface area contributed by atoms with Crippen LogP contribution in [-0.2, 0) is 11.2 Å². The quantitative estimate of drug-likeness (QED) is 0.835. The zero-order valence-electron chi connectivity index (χ0n) is 12.6. The third kappa shape index (κ3) is 2.80. The van der Waals surface area contributed by atoms with E-state index in [2.05, 4.69) is 10.0 Å². The first kappa shape index (κ1) is 14.9. The number of carbonyl (C=O) groups is 2. The fourth-order valence-corrected chi connectivity index (χ4v) is 4.77. The molecule has 0 spiro atoms. The van der Waals surface area contributed by atoms with E-state index in [4.69, 9.17) is 0 Å².